The predicted octanol–water partition coefficient (Wildman–Crippen LogP) is 3.73. The van der Waals surface area contributed by atoms with Crippen LogP contribution in [0.5, 0.6) is 0 Å². The molecular formula is C24H19F2N5O. The number of halogens is 2. The first-order valence-corrected chi connectivity index (χ1v) is 10.2. The monoisotopic (exact) mass is 431 g/mol. The van der Waals surface area contributed by atoms with Gasteiger partial charge in [-0.05, 0) is 35.9 Å². The number of hydrogen-bond acceptors (Lipinski definition) is 5. The summed E-state index contributed by atoms with van der Waals surface area (Å²) < 4.78 is 27.1. The van der Waals surface area contributed by atoms with Crippen molar-refractivity contribution in [3.8, 4) is 22.6 Å². The molecule has 160 valence electrons. The third kappa shape index (κ3) is 4.04. The lowest BCUT2D eigenvalue weighted by Crippen LogP contribution is -2.35. The molecular weight excluding hydrogens is 412 g/mol. The van der Waals surface area contributed by atoms with Crippen molar-refractivity contribution in [2.75, 3.05) is 6.54 Å². The molecule has 0 unspecified atom stereocenters. The van der Waals surface area contributed by atoms with Gasteiger partial charge < -0.3 is 4.98 Å². The van der Waals surface area contributed by atoms with Crippen LogP contribution < -0.4 is 5.56 Å². The zero-order valence-corrected chi connectivity index (χ0v) is 17.1. The van der Waals surface area contributed by atoms with Gasteiger partial charge in [-0.1, -0.05) is 6.07 Å². The first-order chi connectivity index (χ1) is 15.6. The van der Waals surface area contributed by atoms with E-state index in [1.165, 1.54) is 12.1 Å². The molecule has 0 spiro atoms. The summed E-state index contributed by atoms with van der Waals surface area (Å²) in [5, 5.41) is 0. The normalized spacial score (nSPS) is 13.7. The average Bonchev–Trinajstić information content (AvgIpc) is 2.81. The maximum atomic E-state index is 14.0. The van der Waals surface area contributed by atoms with Crippen molar-refractivity contribution in [1.82, 2.24) is 24.8 Å². The molecule has 4 aromatic rings. The summed E-state index contributed by atoms with van der Waals surface area (Å²) in [7, 11) is 0. The highest BCUT2D eigenvalue weighted by atomic mass is 19.1. The molecule has 3 aromatic heterocycles. The number of nitrogens with zero attached hydrogens (tertiary/aromatic N) is 4. The second-order valence-electron chi connectivity index (χ2n) is 7.71. The van der Waals surface area contributed by atoms with E-state index in [9.17, 15) is 13.6 Å². The summed E-state index contributed by atoms with van der Waals surface area (Å²) in [5.74, 6) is -0.709. The molecule has 5 rings (SSSR count). The maximum Gasteiger partial charge on any atom is 0.255 e. The number of rotatable bonds is 4. The van der Waals surface area contributed by atoms with Gasteiger partial charge in [0, 0.05) is 61.8 Å². The van der Waals surface area contributed by atoms with E-state index >= 15 is 0 Å². The number of benzene rings is 1. The highest BCUT2D eigenvalue weighted by Gasteiger charge is 2.22. The molecule has 1 aromatic carbocycles. The van der Waals surface area contributed by atoms with Gasteiger partial charge in [0.2, 0.25) is 0 Å². The van der Waals surface area contributed by atoms with Gasteiger partial charge in [-0.15, -0.1) is 0 Å². The van der Waals surface area contributed by atoms with E-state index in [4.69, 9.17) is 0 Å². The minimum absolute atomic E-state index is 0.133. The summed E-state index contributed by atoms with van der Waals surface area (Å²) in [6.45, 7) is 1.85. The van der Waals surface area contributed by atoms with Crippen molar-refractivity contribution in [3.05, 3.63) is 99.9 Å². The second kappa shape index (κ2) is 8.39. The largest absolute Gasteiger partial charge is 0.306 e. The summed E-state index contributed by atoms with van der Waals surface area (Å²) in [5.41, 5.74) is 3.83. The fourth-order valence-corrected chi connectivity index (χ4v) is 3.90. The van der Waals surface area contributed by atoms with Crippen LogP contribution in [0.4, 0.5) is 8.78 Å². The Morgan fingerprint density at radius 2 is 1.91 bits per heavy atom. The highest BCUT2D eigenvalue weighted by Crippen LogP contribution is 2.23. The van der Waals surface area contributed by atoms with Crippen LogP contribution in [0.2, 0.25) is 0 Å². The lowest BCUT2D eigenvalue weighted by Gasteiger charge is -2.27. The minimum Gasteiger partial charge on any atom is -0.306 e. The van der Waals surface area contributed by atoms with Gasteiger partial charge in [0.25, 0.3) is 5.56 Å². The summed E-state index contributed by atoms with van der Waals surface area (Å²) in [4.78, 5) is 30.7. The van der Waals surface area contributed by atoms with E-state index in [1.54, 1.807) is 24.7 Å². The van der Waals surface area contributed by atoms with E-state index in [0.717, 1.165) is 29.4 Å². The average molecular weight is 431 g/mol. The van der Waals surface area contributed by atoms with Crippen molar-refractivity contribution < 1.29 is 8.78 Å². The van der Waals surface area contributed by atoms with Crippen LogP contribution in [0.15, 0.2) is 65.8 Å². The summed E-state index contributed by atoms with van der Waals surface area (Å²) >= 11 is 0. The van der Waals surface area contributed by atoms with Crippen LogP contribution in [0, 0.1) is 11.6 Å². The number of nitrogens with one attached hydrogen (secondary N) is 1. The van der Waals surface area contributed by atoms with Crippen LogP contribution in [0.1, 0.15) is 16.8 Å². The van der Waals surface area contributed by atoms with Crippen molar-refractivity contribution in [2.45, 2.75) is 19.5 Å². The Morgan fingerprint density at radius 1 is 1.06 bits per heavy atom. The molecule has 6 nitrogen and oxygen atoms in total. The number of fused-ring (bicyclic) bond motifs is 1. The summed E-state index contributed by atoms with van der Waals surface area (Å²) in [6, 6.07) is 10.7. The van der Waals surface area contributed by atoms with Crippen molar-refractivity contribution in [3.63, 3.8) is 0 Å². The molecule has 0 atom stereocenters. The molecule has 1 aliphatic rings. The predicted molar refractivity (Wildman–Crippen MR) is 115 cm³/mol. The maximum absolute atomic E-state index is 14.0. The Labute approximate surface area is 182 Å². The van der Waals surface area contributed by atoms with Crippen LogP contribution in [0.25, 0.3) is 22.6 Å². The molecule has 0 saturated carbocycles. The van der Waals surface area contributed by atoms with Gasteiger partial charge in [-0.2, -0.15) is 0 Å². The topological polar surface area (TPSA) is 74.8 Å². The van der Waals surface area contributed by atoms with Gasteiger partial charge in [0.15, 0.2) is 0 Å². The van der Waals surface area contributed by atoms with Gasteiger partial charge in [-0.3, -0.25) is 19.7 Å². The quantitative estimate of drug-likeness (QED) is 0.533. The number of aromatic amines is 1. The third-order valence-corrected chi connectivity index (χ3v) is 5.54. The Morgan fingerprint density at radius 3 is 2.66 bits per heavy atom. The minimum atomic E-state index is -0.643. The fourth-order valence-electron chi connectivity index (χ4n) is 3.90. The van der Waals surface area contributed by atoms with Crippen molar-refractivity contribution in [1.29, 1.82) is 0 Å². The SMILES string of the molecule is O=c1[nH]c(-c2ccncc2)nc2c1CN(Cc1ccc(-c3ccc(F)cc3F)nc1)CC2. The van der Waals surface area contributed by atoms with E-state index in [1.807, 2.05) is 18.2 Å². The lowest BCUT2D eigenvalue weighted by molar-refractivity contribution is 0.241. The molecule has 0 fully saturated rings. The van der Waals surface area contributed by atoms with Gasteiger partial charge in [-0.25, -0.2) is 13.8 Å². The Hall–Kier alpha value is -3.78. The standard InChI is InChI=1S/C24H19F2N5O/c25-17-2-3-18(20(26)11-17)21-4-1-15(12-28-21)13-31-10-7-22-19(14-31)24(32)30-23(29-22)16-5-8-27-9-6-16/h1-6,8-9,11-12H,7,10,13-14H2,(H,29,30,32). The van der Waals surface area contributed by atoms with Gasteiger partial charge >= 0.3 is 0 Å². The summed E-state index contributed by atoms with van der Waals surface area (Å²) in [6.07, 6.45) is 5.69. The zero-order chi connectivity index (χ0) is 22.1. The molecule has 1 aliphatic heterocycles. The van der Waals surface area contributed by atoms with E-state index < -0.39 is 11.6 Å². The zero-order valence-electron chi connectivity index (χ0n) is 17.1. The number of aromatic nitrogens is 4. The molecule has 0 saturated heterocycles. The number of H-pyrrole nitrogens is 1. The van der Waals surface area contributed by atoms with E-state index in [0.29, 0.717) is 36.6 Å². The first kappa shape index (κ1) is 20.1. The smallest absolute Gasteiger partial charge is 0.255 e. The van der Waals surface area contributed by atoms with E-state index in [2.05, 4.69) is 24.8 Å². The van der Waals surface area contributed by atoms with E-state index in [-0.39, 0.29) is 11.1 Å². The molecule has 0 radical (unpaired) electrons. The van der Waals surface area contributed by atoms with Crippen molar-refractivity contribution in [2.24, 2.45) is 0 Å². The number of hydrogen-bond donors (Lipinski definition) is 1. The van der Waals surface area contributed by atoms with Gasteiger partial charge in [0.1, 0.15) is 17.5 Å². The third-order valence-electron chi connectivity index (χ3n) is 5.54. The first-order valence-electron chi connectivity index (χ1n) is 10.2. The Bertz CT molecular complexity index is 1320. The lowest BCUT2D eigenvalue weighted by atomic mass is 10.1. The van der Waals surface area contributed by atoms with Crippen molar-refractivity contribution >= 4 is 0 Å². The molecule has 0 bridgehead atoms. The Balaban J connectivity index is 1.32. The van der Waals surface area contributed by atoms with Crippen LogP contribution in [-0.4, -0.2) is 31.4 Å². The Kier molecular flexibility index (Phi) is 5.28. The highest BCUT2D eigenvalue weighted by molar-refractivity contribution is 5.59. The van der Waals surface area contributed by atoms with Crippen LogP contribution in [0.3, 0.4) is 0 Å². The molecule has 8 heteroatoms. The fraction of sp³-hybridized carbons (Fsp3) is 0.167. The molecule has 32 heavy (non-hydrogen) atoms. The molecule has 0 amide bonds. The van der Waals surface area contributed by atoms with Crippen LogP contribution in [-0.2, 0) is 19.5 Å². The molecule has 0 aliphatic carbocycles. The van der Waals surface area contributed by atoms with Gasteiger partial charge in [0.05, 0.1) is 17.0 Å². The molecule has 4 heterocycles. The second-order valence-corrected chi connectivity index (χ2v) is 7.71. The van der Waals surface area contributed by atoms with Crippen LogP contribution >= 0.6 is 0 Å². The number of pyridine rings is 2. The molecule has 1 N–H and O–H groups in total.